The van der Waals surface area contributed by atoms with Crippen LogP contribution in [0.25, 0.3) is 0 Å². The summed E-state index contributed by atoms with van der Waals surface area (Å²) < 4.78 is 0. The van der Waals surface area contributed by atoms with Gasteiger partial charge in [0.15, 0.2) is 5.78 Å². The third kappa shape index (κ3) is 1.63. The maximum Gasteiger partial charge on any atom is 0.168 e. The molecule has 1 aromatic carbocycles. The maximum atomic E-state index is 11.7. The lowest BCUT2D eigenvalue weighted by molar-refractivity contribution is 0.0702. The van der Waals surface area contributed by atoms with E-state index in [4.69, 9.17) is 0 Å². The fourth-order valence-corrected chi connectivity index (χ4v) is 1.70. The number of carbonyl (C=O) groups is 1. The third-order valence-corrected chi connectivity index (χ3v) is 2.49. The molecule has 13 heavy (non-hydrogen) atoms. The molecule has 0 saturated carbocycles. The Labute approximate surface area is 78.2 Å². The molecule has 0 aliphatic carbocycles. The van der Waals surface area contributed by atoms with Crippen LogP contribution in [0.2, 0.25) is 0 Å². The standard InChI is InChI=1S/C11H13NO/c1-12-7-10(8-12)11(13)9-5-3-2-4-6-9/h2-6,10H,7-8H2,1H3. The van der Waals surface area contributed by atoms with Crippen molar-refractivity contribution in [2.75, 3.05) is 20.1 Å². The first-order chi connectivity index (χ1) is 6.27. The second kappa shape index (κ2) is 3.30. The average Bonchev–Trinajstić information content (AvgIpc) is 2.13. The molecule has 0 bridgehead atoms. The molecule has 0 spiro atoms. The van der Waals surface area contributed by atoms with Crippen molar-refractivity contribution in [3.63, 3.8) is 0 Å². The number of Topliss-reactive ketones (excluding diaryl/α,β-unsaturated/α-hetero) is 1. The Hall–Kier alpha value is -1.15. The molecular formula is C11H13NO. The predicted molar refractivity (Wildman–Crippen MR) is 51.8 cm³/mol. The van der Waals surface area contributed by atoms with Crippen molar-refractivity contribution in [1.82, 2.24) is 4.90 Å². The summed E-state index contributed by atoms with van der Waals surface area (Å²) in [6, 6.07) is 9.54. The van der Waals surface area contributed by atoms with Gasteiger partial charge >= 0.3 is 0 Å². The fourth-order valence-electron chi connectivity index (χ4n) is 1.70. The van der Waals surface area contributed by atoms with Crippen molar-refractivity contribution in [3.8, 4) is 0 Å². The summed E-state index contributed by atoms with van der Waals surface area (Å²) >= 11 is 0. The van der Waals surface area contributed by atoms with Gasteiger partial charge in [-0.2, -0.15) is 0 Å². The number of rotatable bonds is 2. The zero-order chi connectivity index (χ0) is 9.26. The third-order valence-electron chi connectivity index (χ3n) is 2.49. The van der Waals surface area contributed by atoms with Gasteiger partial charge in [0, 0.05) is 24.6 Å². The molecule has 0 unspecified atom stereocenters. The highest BCUT2D eigenvalue weighted by atomic mass is 16.1. The van der Waals surface area contributed by atoms with E-state index in [2.05, 4.69) is 4.90 Å². The van der Waals surface area contributed by atoms with E-state index in [-0.39, 0.29) is 5.92 Å². The molecule has 1 saturated heterocycles. The summed E-state index contributed by atoms with van der Waals surface area (Å²) in [5.41, 5.74) is 0.848. The van der Waals surface area contributed by atoms with Crippen LogP contribution in [-0.2, 0) is 0 Å². The molecule has 0 N–H and O–H groups in total. The van der Waals surface area contributed by atoms with Crippen molar-refractivity contribution >= 4 is 5.78 Å². The minimum absolute atomic E-state index is 0.229. The zero-order valence-electron chi connectivity index (χ0n) is 7.73. The highest BCUT2D eigenvalue weighted by molar-refractivity contribution is 5.98. The average molecular weight is 175 g/mol. The SMILES string of the molecule is CN1CC(C(=O)c2ccccc2)C1. The quantitative estimate of drug-likeness (QED) is 0.634. The summed E-state index contributed by atoms with van der Waals surface area (Å²) in [7, 11) is 2.04. The van der Waals surface area contributed by atoms with E-state index in [1.54, 1.807) is 0 Å². The first-order valence-corrected chi connectivity index (χ1v) is 4.55. The van der Waals surface area contributed by atoms with Crippen molar-refractivity contribution in [2.45, 2.75) is 0 Å². The summed E-state index contributed by atoms with van der Waals surface area (Å²) in [6.45, 7) is 1.82. The van der Waals surface area contributed by atoms with Gasteiger partial charge in [-0.1, -0.05) is 30.3 Å². The van der Waals surface area contributed by atoms with Crippen molar-refractivity contribution < 1.29 is 4.79 Å². The fraction of sp³-hybridized carbons (Fsp3) is 0.364. The molecule has 2 rings (SSSR count). The Morgan fingerprint density at radius 2 is 1.92 bits per heavy atom. The van der Waals surface area contributed by atoms with Gasteiger partial charge in [0.1, 0.15) is 0 Å². The Morgan fingerprint density at radius 1 is 1.31 bits per heavy atom. The van der Waals surface area contributed by atoms with Gasteiger partial charge in [0.25, 0.3) is 0 Å². The van der Waals surface area contributed by atoms with Crippen LogP contribution in [0, 0.1) is 5.92 Å². The van der Waals surface area contributed by atoms with Crippen LogP contribution < -0.4 is 0 Å². The smallest absolute Gasteiger partial charge is 0.168 e. The van der Waals surface area contributed by atoms with Crippen LogP contribution in [0.5, 0.6) is 0 Å². The van der Waals surface area contributed by atoms with E-state index in [1.165, 1.54) is 0 Å². The van der Waals surface area contributed by atoms with Crippen LogP contribution in [0.15, 0.2) is 30.3 Å². The van der Waals surface area contributed by atoms with Gasteiger partial charge in [0.2, 0.25) is 0 Å². The van der Waals surface area contributed by atoms with E-state index >= 15 is 0 Å². The van der Waals surface area contributed by atoms with Crippen LogP contribution >= 0.6 is 0 Å². The normalized spacial score (nSPS) is 18.2. The Bertz CT molecular complexity index is 301. The van der Waals surface area contributed by atoms with Gasteiger partial charge in [-0.3, -0.25) is 4.79 Å². The lowest BCUT2D eigenvalue weighted by atomic mass is 9.91. The number of ketones is 1. The molecule has 2 heteroatoms. The van der Waals surface area contributed by atoms with E-state index in [1.807, 2.05) is 37.4 Å². The largest absolute Gasteiger partial charge is 0.305 e. The van der Waals surface area contributed by atoms with Crippen molar-refractivity contribution in [3.05, 3.63) is 35.9 Å². The Morgan fingerprint density at radius 3 is 2.46 bits per heavy atom. The zero-order valence-corrected chi connectivity index (χ0v) is 7.73. The molecule has 1 aliphatic rings. The van der Waals surface area contributed by atoms with Gasteiger partial charge in [-0.15, -0.1) is 0 Å². The minimum Gasteiger partial charge on any atom is -0.305 e. The number of hydrogen-bond acceptors (Lipinski definition) is 2. The number of hydrogen-bond donors (Lipinski definition) is 0. The number of likely N-dealkylation sites (tertiary alicyclic amines) is 1. The van der Waals surface area contributed by atoms with Gasteiger partial charge in [-0.25, -0.2) is 0 Å². The molecule has 1 heterocycles. The molecule has 0 radical (unpaired) electrons. The van der Waals surface area contributed by atoms with Crippen LogP contribution in [0.3, 0.4) is 0 Å². The van der Waals surface area contributed by atoms with Crippen LogP contribution in [-0.4, -0.2) is 30.8 Å². The molecule has 2 nitrogen and oxygen atoms in total. The van der Waals surface area contributed by atoms with Gasteiger partial charge in [-0.05, 0) is 7.05 Å². The van der Waals surface area contributed by atoms with E-state index < -0.39 is 0 Å². The molecule has 1 fully saturated rings. The minimum atomic E-state index is 0.229. The molecule has 68 valence electrons. The Balaban J connectivity index is 2.06. The summed E-state index contributed by atoms with van der Waals surface area (Å²) in [5, 5.41) is 0. The van der Waals surface area contributed by atoms with Gasteiger partial charge in [0.05, 0.1) is 0 Å². The first-order valence-electron chi connectivity index (χ1n) is 4.55. The number of carbonyl (C=O) groups excluding carboxylic acids is 1. The second-order valence-electron chi connectivity index (χ2n) is 3.65. The number of benzene rings is 1. The lowest BCUT2D eigenvalue weighted by Crippen LogP contribution is -2.47. The molecular weight excluding hydrogens is 162 g/mol. The lowest BCUT2D eigenvalue weighted by Gasteiger charge is -2.34. The molecule has 1 aliphatic heterocycles. The highest BCUT2D eigenvalue weighted by Crippen LogP contribution is 2.18. The molecule has 0 atom stereocenters. The van der Waals surface area contributed by atoms with Crippen LogP contribution in [0.4, 0.5) is 0 Å². The van der Waals surface area contributed by atoms with Gasteiger partial charge < -0.3 is 4.90 Å². The summed E-state index contributed by atoms with van der Waals surface area (Å²) in [5.74, 6) is 0.520. The summed E-state index contributed by atoms with van der Waals surface area (Å²) in [4.78, 5) is 13.9. The number of nitrogens with zero attached hydrogens (tertiary/aromatic N) is 1. The van der Waals surface area contributed by atoms with Crippen molar-refractivity contribution in [2.24, 2.45) is 5.92 Å². The monoisotopic (exact) mass is 175 g/mol. The summed E-state index contributed by atoms with van der Waals surface area (Å²) in [6.07, 6.45) is 0. The molecule has 1 aromatic rings. The van der Waals surface area contributed by atoms with E-state index in [9.17, 15) is 4.79 Å². The topological polar surface area (TPSA) is 20.3 Å². The Kier molecular flexibility index (Phi) is 2.15. The predicted octanol–water partition coefficient (Wildman–Crippen LogP) is 1.43. The van der Waals surface area contributed by atoms with E-state index in [0.29, 0.717) is 5.78 Å². The van der Waals surface area contributed by atoms with Crippen LogP contribution in [0.1, 0.15) is 10.4 Å². The maximum absolute atomic E-state index is 11.7. The molecule has 0 amide bonds. The van der Waals surface area contributed by atoms with E-state index in [0.717, 1.165) is 18.7 Å². The second-order valence-corrected chi connectivity index (χ2v) is 3.65. The first kappa shape index (κ1) is 8.45. The van der Waals surface area contributed by atoms with Crippen molar-refractivity contribution in [1.29, 1.82) is 0 Å². The highest BCUT2D eigenvalue weighted by Gasteiger charge is 2.30. The molecule has 0 aromatic heterocycles.